The summed E-state index contributed by atoms with van der Waals surface area (Å²) in [6, 6.07) is 13.5. The normalized spacial score (nSPS) is 11.4. The summed E-state index contributed by atoms with van der Waals surface area (Å²) in [5.74, 6) is -0.0255. The van der Waals surface area contributed by atoms with Crippen molar-refractivity contribution in [3.63, 3.8) is 0 Å². The van der Waals surface area contributed by atoms with Crippen LogP contribution >= 0.6 is 12.4 Å². The number of carbonyl (C=O) groups is 1. The average Bonchev–Trinajstić information content (AvgIpc) is 2.64. The minimum Gasteiger partial charge on any atom is -0.368 e. The number of amides is 1. The molecule has 150 valence electrons. The van der Waals surface area contributed by atoms with E-state index in [9.17, 15) is 4.79 Å². The van der Waals surface area contributed by atoms with Gasteiger partial charge in [-0.3, -0.25) is 14.5 Å². The molecule has 0 aromatic heterocycles. The zero-order valence-corrected chi connectivity index (χ0v) is 16.1. The van der Waals surface area contributed by atoms with Crippen LogP contribution in [0, 0.1) is 0 Å². The first kappa shape index (κ1) is 22.7. The minimum absolute atomic E-state index is 0. The Morgan fingerprint density at radius 2 is 1.25 bits per heavy atom. The number of benzene rings is 2. The highest BCUT2D eigenvalue weighted by atomic mass is 35.5. The molecule has 1 amide bonds. The number of anilines is 1. The monoisotopic (exact) mass is 407 g/mol. The minimum atomic E-state index is -0.259. The van der Waals surface area contributed by atoms with Crippen molar-refractivity contribution in [2.24, 2.45) is 21.5 Å². The highest BCUT2D eigenvalue weighted by Crippen LogP contribution is 2.18. The lowest BCUT2D eigenvalue weighted by atomic mass is 10.2. The van der Waals surface area contributed by atoms with Gasteiger partial charge in [0.15, 0.2) is 0 Å². The van der Waals surface area contributed by atoms with E-state index in [1.807, 2.05) is 0 Å². The van der Waals surface area contributed by atoms with E-state index in [1.165, 1.54) is 14.2 Å². The van der Waals surface area contributed by atoms with Crippen LogP contribution in [0.1, 0.15) is 10.4 Å². The van der Waals surface area contributed by atoms with Crippen LogP contribution in [0.4, 0.5) is 17.1 Å². The Bertz CT molecular complexity index is 824. The van der Waals surface area contributed by atoms with Crippen molar-refractivity contribution in [3.8, 4) is 0 Å². The van der Waals surface area contributed by atoms with Gasteiger partial charge in [0.1, 0.15) is 0 Å². The summed E-state index contributed by atoms with van der Waals surface area (Å²) in [4.78, 5) is 29.8. The molecule has 0 bridgehead atoms. The maximum atomic E-state index is 12.3. The smallest absolute Gasteiger partial charge is 0.255 e. The second kappa shape index (κ2) is 11.4. The van der Waals surface area contributed by atoms with Gasteiger partial charge in [0.05, 0.1) is 25.6 Å². The molecule has 0 heterocycles. The number of carbonyl (C=O) groups excluding carboxylic acids is 1. The maximum Gasteiger partial charge on any atom is 0.255 e. The van der Waals surface area contributed by atoms with Crippen LogP contribution in [0.15, 0.2) is 58.5 Å². The third-order valence-electron chi connectivity index (χ3n) is 3.17. The fourth-order valence-corrected chi connectivity index (χ4v) is 2.04. The second-order valence-electron chi connectivity index (χ2n) is 5.15. The predicted molar refractivity (Wildman–Crippen MR) is 111 cm³/mol. The number of halogens is 1. The van der Waals surface area contributed by atoms with Crippen molar-refractivity contribution < 1.29 is 14.5 Å². The van der Waals surface area contributed by atoms with Gasteiger partial charge in [-0.05, 0) is 48.5 Å². The molecule has 0 aliphatic rings. The number of aliphatic imine (C=N–C) groups is 2. The molecule has 0 aliphatic carbocycles. The van der Waals surface area contributed by atoms with E-state index >= 15 is 0 Å². The molecular weight excluding hydrogens is 386 g/mol. The summed E-state index contributed by atoms with van der Waals surface area (Å²) < 4.78 is 0. The predicted octanol–water partition coefficient (Wildman–Crippen LogP) is 1.56. The van der Waals surface area contributed by atoms with Gasteiger partial charge >= 0.3 is 0 Å². The van der Waals surface area contributed by atoms with Crippen LogP contribution in [0.25, 0.3) is 0 Å². The van der Waals surface area contributed by atoms with Gasteiger partial charge in [-0.15, -0.1) is 12.4 Å². The van der Waals surface area contributed by atoms with Gasteiger partial charge in [-0.25, -0.2) is 20.9 Å². The molecule has 7 N–H and O–H groups in total. The van der Waals surface area contributed by atoms with E-state index in [0.29, 0.717) is 22.6 Å². The Kier molecular flexibility index (Phi) is 9.23. The zero-order chi connectivity index (χ0) is 19.6. The number of guanidine groups is 2. The van der Waals surface area contributed by atoms with Crippen molar-refractivity contribution >= 4 is 47.3 Å². The molecule has 2 aromatic rings. The Balaban J connectivity index is 0.00000392. The van der Waals surface area contributed by atoms with E-state index in [0.717, 1.165) is 0 Å². The Hall–Kier alpha value is -3.34. The first-order valence-corrected chi connectivity index (χ1v) is 7.79. The van der Waals surface area contributed by atoms with Crippen LogP contribution in [-0.2, 0) is 9.68 Å². The SMILES string of the molecule is CONC(N)=Nc1ccc(NC(=O)c2ccc(N=C(N)NOC)cc2)cc1.Cl. The number of hydrogen-bond donors (Lipinski definition) is 5. The summed E-state index contributed by atoms with van der Waals surface area (Å²) in [5.41, 5.74) is 18.3. The lowest BCUT2D eigenvalue weighted by molar-refractivity contribution is 0.102. The molecule has 0 fully saturated rings. The van der Waals surface area contributed by atoms with E-state index in [4.69, 9.17) is 11.5 Å². The van der Waals surface area contributed by atoms with Crippen LogP contribution < -0.4 is 27.7 Å². The van der Waals surface area contributed by atoms with Crippen molar-refractivity contribution in [2.45, 2.75) is 0 Å². The molecule has 11 heteroatoms. The van der Waals surface area contributed by atoms with E-state index < -0.39 is 0 Å². The summed E-state index contributed by atoms with van der Waals surface area (Å²) >= 11 is 0. The first-order valence-electron chi connectivity index (χ1n) is 7.79. The number of hydrogen-bond acceptors (Lipinski definition) is 5. The topological polar surface area (TPSA) is 148 Å². The largest absolute Gasteiger partial charge is 0.368 e. The van der Waals surface area contributed by atoms with Gasteiger partial charge in [-0.2, -0.15) is 0 Å². The number of nitrogens with two attached hydrogens (primary N) is 2. The molecule has 2 aromatic carbocycles. The standard InChI is InChI=1S/C17H21N7O3.ClH/c1-26-23-16(18)21-13-5-3-11(4-6-13)15(25)20-12-7-9-14(10-8-12)22-17(19)24-27-2;/h3-10H,1-2H3,(H,20,25)(H3,18,21,23)(H3,19,22,24);1H. The van der Waals surface area contributed by atoms with Crippen molar-refractivity contribution in [3.05, 3.63) is 54.1 Å². The fourth-order valence-electron chi connectivity index (χ4n) is 2.04. The lowest BCUT2D eigenvalue weighted by Crippen LogP contribution is -2.30. The molecular formula is C17H22ClN7O3. The van der Waals surface area contributed by atoms with E-state index in [1.54, 1.807) is 48.5 Å². The highest BCUT2D eigenvalue weighted by Gasteiger charge is 2.06. The molecule has 0 unspecified atom stereocenters. The summed E-state index contributed by atoms with van der Waals surface area (Å²) in [7, 11) is 2.87. The van der Waals surface area contributed by atoms with Gasteiger partial charge in [0, 0.05) is 11.3 Å². The molecule has 0 atom stereocenters. The number of rotatable bonds is 6. The number of nitrogens with one attached hydrogen (secondary N) is 3. The molecule has 0 spiro atoms. The lowest BCUT2D eigenvalue weighted by Gasteiger charge is -2.07. The Morgan fingerprint density at radius 3 is 1.68 bits per heavy atom. The fraction of sp³-hybridized carbons (Fsp3) is 0.118. The summed E-state index contributed by atoms with van der Waals surface area (Å²) in [6.07, 6.45) is 0. The third-order valence-corrected chi connectivity index (χ3v) is 3.17. The second-order valence-corrected chi connectivity index (χ2v) is 5.15. The highest BCUT2D eigenvalue weighted by molar-refractivity contribution is 6.04. The van der Waals surface area contributed by atoms with E-state index in [2.05, 4.69) is 35.9 Å². The van der Waals surface area contributed by atoms with Gasteiger partial charge in [-0.1, -0.05) is 0 Å². The molecule has 0 saturated carbocycles. The Morgan fingerprint density at radius 1 is 0.821 bits per heavy atom. The van der Waals surface area contributed by atoms with Crippen molar-refractivity contribution in [1.29, 1.82) is 0 Å². The van der Waals surface area contributed by atoms with Crippen molar-refractivity contribution in [2.75, 3.05) is 19.5 Å². The van der Waals surface area contributed by atoms with Crippen LogP contribution in [-0.4, -0.2) is 32.0 Å². The quantitative estimate of drug-likeness (QED) is 0.277. The average molecular weight is 408 g/mol. The van der Waals surface area contributed by atoms with Gasteiger partial charge in [0.2, 0.25) is 11.9 Å². The zero-order valence-electron chi connectivity index (χ0n) is 15.3. The van der Waals surface area contributed by atoms with Crippen LogP contribution in [0.3, 0.4) is 0 Å². The molecule has 0 saturated heterocycles. The molecule has 10 nitrogen and oxygen atoms in total. The van der Waals surface area contributed by atoms with Gasteiger partial charge < -0.3 is 16.8 Å². The third kappa shape index (κ3) is 7.11. The van der Waals surface area contributed by atoms with Crippen LogP contribution in [0.5, 0.6) is 0 Å². The maximum absolute atomic E-state index is 12.3. The Labute approximate surface area is 168 Å². The molecule has 28 heavy (non-hydrogen) atoms. The summed E-state index contributed by atoms with van der Waals surface area (Å²) in [5, 5.41) is 2.79. The first-order chi connectivity index (χ1) is 13.0. The van der Waals surface area contributed by atoms with Crippen molar-refractivity contribution in [1.82, 2.24) is 11.0 Å². The number of nitrogens with zero attached hydrogens (tertiary/aromatic N) is 2. The molecule has 0 aliphatic heterocycles. The summed E-state index contributed by atoms with van der Waals surface area (Å²) in [6.45, 7) is 0. The molecule has 2 rings (SSSR count). The van der Waals surface area contributed by atoms with Gasteiger partial charge in [0.25, 0.3) is 5.91 Å². The van der Waals surface area contributed by atoms with E-state index in [-0.39, 0.29) is 30.2 Å². The number of hydroxylamine groups is 2. The molecule has 0 radical (unpaired) electrons. The van der Waals surface area contributed by atoms with Crippen LogP contribution in [0.2, 0.25) is 0 Å².